The molecule has 0 aliphatic carbocycles. The van der Waals surface area contributed by atoms with Gasteiger partial charge in [-0.15, -0.1) is 6.42 Å². The quantitative estimate of drug-likeness (QED) is 0.500. The molecule has 126 valence electrons. The van der Waals surface area contributed by atoms with E-state index < -0.39 is 0 Å². The van der Waals surface area contributed by atoms with Gasteiger partial charge in [0.2, 0.25) is 0 Å². The molecule has 26 heavy (non-hydrogen) atoms. The van der Waals surface area contributed by atoms with E-state index in [1.54, 1.807) is 36.7 Å². The Balaban J connectivity index is 1.84. The number of thiazole rings is 1. The average molecular weight is 379 g/mol. The van der Waals surface area contributed by atoms with Crippen LogP contribution in [0.15, 0.2) is 53.8 Å². The Morgan fingerprint density at radius 1 is 1.19 bits per heavy atom. The largest absolute Gasteiger partial charge is 0.305 e. The number of hydrogen-bond acceptors (Lipinski definition) is 4. The summed E-state index contributed by atoms with van der Waals surface area (Å²) in [6.07, 6.45) is 8.68. The van der Waals surface area contributed by atoms with Crippen molar-refractivity contribution in [2.45, 2.75) is 6.54 Å². The molecule has 2 aromatic carbocycles. The van der Waals surface area contributed by atoms with Crippen LogP contribution in [0.5, 0.6) is 0 Å². The first-order valence-electron chi connectivity index (χ1n) is 7.68. The molecule has 0 bridgehead atoms. The predicted octanol–water partition coefficient (Wildman–Crippen LogP) is 3.67. The van der Waals surface area contributed by atoms with E-state index in [2.05, 4.69) is 20.9 Å². The lowest BCUT2D eigenvalue weighted by atomic mass is 10.2. The number of halogens is 1. The van der Waals surface area contributed by atoms with Gasteiger partial charge in [0.1, 0.15) is 0 Å². The van der Waals surface area contributed by atoms with Crippen molar-refractivity contribution in [2.24, 2.45) is 4.99 Å². The monoisotopic (exact) mass is 378 g/mol. The van der Waals surface area contributed by atoms with E-state index in [1.807, 2.05) is 16.7 Å². The third-order valence-electron chi connectivity index (χ3n) is 3.81. The van der Waals surface area contributed by atoms with Gasteiger partial charge in [0.15, 0.2) is 4.80 Å². The number of fused-ring (bicyclic) bond motifs is 2. The van der Waals surface area contributed by atoms with Crippen molar-refractivity contribution in [1.29, 1.82) is 0 Å². The van der Waals surface area contributed by atoms with E-state index in [0.29, 0.717) is 27.4 Å². The zero-order valence-corrected chi connectivity index (χ0v) is 15.0. The van der Waals surface area contributed by atoms with Gasteiger partial charge in [-0.3, -0.25) is 14.8 Å². The van der Waals surface area contributed by atoms with Crippen LogP contribution in [0.25, 0.3) is 21.3 Å². The van der Waals surface area contributed by atoms with Crippen LogP contribution in [0.4, 0.5) is 0 Å². The number of nitrogens with zero attached hydrogens (tertiary/aromatic N) is 4. The molecule has 2 aromatic heterocycles. The highest BCUT2D eigenvalue weighted by atomic mass is 35.5. The SMILES string of the molecule is C#CCn1c(=NC(=O)c2ccc3nccnc3c2)sc2cc(Cl)ccc21. The fraction of sp³-hybridized carbons (Fsp3) is 0.0526. The summed E-state index contributed by atoms with van der Waals surface area (Å²) in [6, 6.07) is 10.6. The summed E-state index contributed by atoms with van der Waals surface area (Å²) in [6.45, 7) is 0.316. The van der Waals surface area contributed by atoms with Crippen molar-refractivity contribution >= 4 is 50.1 Å². The van der Waals surface area contributed by atoms with Crippen LogP contribution >= 0.6 is 22.9 Å². The first-order chi connectivity index (χ1) is 12.7. The number of amides is 1. The molecule has 0 spiro atoms. The van der Waals surface area contributed by atoms with Crippen molar-refractivity contribution in [1.82, 2.24) is 14.5 Å². The second kappa shape index (κ2) is 6.71. The Labute approximate surface area is 157 Å². The number of terminal acetylenes is 1. The molecule has 0 radical (unpaired) electrons. The van der Waals surface area contributed by atoms with E-state index >= 15 is 0 Å². The molecule has 0 fully saturated rings. The standard InChI is InChI=1S/C19H11ClN4OS/c1-2-9-24-16-6-4-13(20)11-17(16)26-19(24)23-18(25)12-3-5-14-15(10-12)22-8-7-21-14/h1,3-8,10-11H,9H2. The first-order valence-corrected chi connectivity index (χ1v) is 8.87. The molecule has 0 N–H and O–H groups in total. The van der Waals surface area contributed by atoms with Crippen LogP contribution in [-0.2, 0) is 6.54 Å². The molecule has 5 nitrogen and oxygen atoms in total. The van der Waals surface area contributed by atoms with Gasteiger partial charge in [-0.2, -0.15) is 4.99 Å². The van der Waals surface area contributed by atoms with Gasteiger partial charge < -0.3 is 4.57 Å². The lowest BCUT2D eigenvalue weighted by molar-refractivity contribution is 0.0998. The molecule has 0 aliphatic heterocycles. The average Bonchev–Trinajstić information content (AvgIpc) is 2.98. The van der Waals surface area contributed by atoms with Crippen LogP contribution in [0.1, 0.15) is 10.4 Å². The number of carbonyl (C=O) groups excluding carboxylic acids is 1. The summed E-state index contributed by atoms with van der Waals surface area (Å²) >= 11 is 7.43. The topological polar surface area (TPSA) is 60.1 Å². The predicted molar refractivity (Wildman–Crippen MR) is 103 cm³/mol. The maximum atomic E-state index is 12.7. The highest BCUT2D eigenvalue weighted by molar-refractivity contribution is 7.16. The fourth-order valence-corrected chi connectivity index (χ4v) is 3.93. The molecule has 4 aromatic rings. The van der Waals surface area contributed by atoms with Gasteiger partial charge in [0, 0.05) is 23.0 Å². The lowest BCUT2D eigenvalue weighted by Gasteiger charge is -2.00. The number of carbonyl (C=O) groups is 1. The summed E-state index contributed by atoms with van der Waals surface area (Å²) in [5.74, 6) is 2.24. The Morgan fingerprint density at radius 2 is 2.00 bits per heavy atom. The van der Waals surface area contributed by atoms with E-state index in [-0.39, 0.29) is 5.91 Å². The second-order valence-electron chi connectivity index (χ2n) is 5.46. The number of benzene rings is 2. The summed E-state index contributed by atoms with van der Waals surface area (Å²) in [5.41, 5.74) is 2.71. The zero-order chi connectivity index (χ0) is 18.1. The number of hydrogen-bond donors (Lipinski definition) is 0. The molecule has 2 heterocycles. The molecule has 1 amide bonds. The van der Waals surface area contributed by atoms with Crippen molar-refractivity contribution in [3.8, 4) is 12.3 Å². The highest BCUT2D eigenvalue weighted by Gasteiger charge is 2.10. The Morgan fingerprint density at radius 3 is 2.81 bits per heavy atom. The van der Waals surface area contributed by atoms with Gasteiger partial charge in [-0.1, -0.05) is 28.9 Å². The number of rotatable bonds is 2. The minimum Gasteiger partial charge on any atom is -0.305 e. The van der Waals surface area contributed by atoms with Crippen LogP contribution in [0.2, 0.25) is 5.02 Å². The molecular formula is C19H11ClN4OS. The summed E-state index contributed by atoms with van der Waals surface area (Å²) < 4.78 is 2.75. The highest BCUT2D eigenvalue weighted by Crippen LogP contribution is 2.22. The molecule has 7 heteroatoms. The van der Waals surface area contributed by atoms with E-state index in [0.717, 1.165) is 15.7 Å². The minimum absolute atomic E-state index is 0.316. The third kappa shape index (κ3) is 2.99. The Kier molecular flexibility index (Phi) is 4.25. The maximum Gasteiger partial charge on any atom is 0.279 e. The van der Waals surface area contributed by atoms with E-state index in [9.17, 15) is 4.79 Å². The smallest absolute Gasteiger partial charge is 0.279 e. The van der Waals surface area contributed by atoms with Gasteiger partial charge in [-0.25, -0.2) is 0 Å². The van der Waals surface area contributed by atoms with Crippen molar-refractivity contribution < 1.29 is 4.79 Å². The second-order valence-corrected chi connectivity index (χ2v) is 6.91. The molecule has 0 saturated carbocycles. The van der Waals surface area contributed by atoms with Gasteiger partial charge in [0.25, 0.3) is 5.91 Å². The normalized spacial score (nSPS) is 11.8. The fourth-order valence-electron chi connectivity index (χ4n) is 2.62. The molecule has 0 saturated heterocycles. The van der Waals surface area contributed by atoms with Crippen LogP contribution in [0, 0.1) is 12.3 Å². The van der Waals surface area contributed by atoms with Gasteiger partial charge >= 0.3 is 0 Å². The third-order valence-corrected chi connectivity index (χ3v) is 5.08. The summed E-state index contributed by atoms with van der Waals surface area (Å²) in [7, 11) is 0. The van der Waals surface area contributed by atoms with Gasteiger partial charge in [-0.05, 0) is 36.4 Å². The van der Waals surface area contributed by atoms with E-state index in [1.165, 1.54) is 11.3 Å². The summed E-state index contributed by atoms with van der Waals surface area (Å²) in [4.78, 5) is 25.9. The van der Waals surface area contributed by atoms with Crippen molar-refractivity contribution in [3.05, 3.63) is 64.2 Å². The molecule has 4 rings (SSSR count). The van der Waals surface area contributed by atoms with Crippen LogP contribution in [0.3, 0.4) is 0 Å². The van der Waals surface area contributed by atoms with Crippen molar-refractivity contribution in [2.75, 3.05) is 0 Å². The van der Waals surface area contributed by atoms with Crippen LogP contribution < -0.4 is 4.80 Å². The van der Waals surface area contributed by atoms with E-state index in [4.69, 9.17) is 18.0 Å². The maximum absolute atomic E-state index is 12.7. The Hall–Kier alpha value is -3.01. The Bertz CT molecular complexity index is 1270. The van der Waals surface area contributed by atoms with Crippen LogP contribution in [-0.4, -0.2) is 20.4 Å². The van der Waals surface area contributed by atoms with Gasteiger partial charge in [0.05, 0.1) is 27.8 Å². The molecule has 0 unspecified atom stereocenters. The summed E-state index contributed by atoms with van der Waals surface area (Å²) in [5, 5.41) is 0.623. The lowest BCUT2D eigenvalue weighted by Crippen LogP contribution is -2.16. The zero-order valence-electron chi connectivity index (χ0n) is 13.4. The first kappa shape index (κ1) is 16.5. The van der Waals surface area contributed by atoms with Crippen molar-refractivity contribution in [3.63, 3.8) is 0 Å². The number of aromatic nitrogens is 3. The molecule has 0 atom stereocenters. The molecular weight excluding hydrogens is 368 g/mol. The molecule has 0 aliphatic rings. The minimum atomic E-state index is -0.360.